The summed E-state index contributed by atoms with van der Waals surface area (Å²) in [6, 6.07) is 0. The number of allylic oxidation sites excluding steroid dienone is 5. The van der Waals surface area contributed by atoms with Crippen LogP contribution in [0, 0.1) is 36.5 Å². The van der Waals surface area contributed by atoms with Crippen LogP contribution >= 0.6 is 0 Å². The van der Waals surface area contributed by atoms with Crippen molar-refractivity contribution < 1.29 is 24.2 Å². The fourth-order valence-corrected chi connectivity index (χ4v) is 8.65. The quantitative estimate of drug-likeness (QED) is 0.134. The van der Waals surface area contributed by atoms with Crippen LogP contribution < -0.4 is 10.7 Å². The molecule has 8 bridgehead atoms. The minimum atomic E-state index is -1.13. The number of aliphatic hydroxyl groups excluding tert-OH is 1. The first-order valence-corrected chi connectivity index (χ1v) is 18.9. The molecule has 1 aromatic rings. The predicted molar refractivity (Wildman–Crippen MR) is 210 cm³/mol. The summed E-state index contributed by atoms with van der Waals surface area (Å²) in [6.07, 6.45) is 11.1. The molecular formula is C42H53MgN5O5-2. The average Bonchev–Trinajstić information content (AvgIpc) is 3.87. The minimum Gasteiger partial charge on any atom is -0.664 e. The molecule has 1 fully saturated rings. The standard InChI is InChI=1S/C42H53N5O5.Mg/c1-9-12-21(4)15-16-52-35(48)14-13-27-24(7)31-17-29-22(5)25(10-2)32(44-29)18-30-23(6)26(11-3)33(45-30)19-34-28(20-43)36-40(47-34)37(39(27)46-31)38(41(36)49)42(50)51-8;/h15,17-19,24-25,28,36,38,41,49H,9-14,16,20,43H2,1-8H3;/q-4;+2/b21-15-,31-17-,32-18-,34-19-;/t24-,25+,28?,36?,38+,41+;/m0./s1. The van der Waals surface area contributed by atoms with E-state index in [4.69, 9.17) is 36.1 Å². The molecule has 1 aromatic heterocycles. The number of ether oxygens (including phenoxy) is 2. The van der Waals surface area contributed by atoms with E-state index >= 15 is 0 Å². The van der Waals surface area contributed by atoms with Crippen LogP contribution in [-0.2, 0) is 25.5 Å². The fraction of sp³-hybridized carbons (Fsp3) is 0.524. The number of nitrogens with two attached hydrogens (primary N) is 1. The first-order valence-electron chi connectivity index (χ1n) is 18.9. The van der Waals surface area contributed by atoms with Crippen LogP contribution in [0.1, 0.15) is 96.2 Å². The van der Waals surface area contributed by atoms with Crippen LogP contribution in [0.2, 0.25) is 0 Å². The predicted octanol–water partition coefficient (Wildman–Crippen LogP) is 7.74. The molecule has 280 valence electrons. The molecule has 53 heavy (non-hydrogen) atoms. The first-order chi connectivity index (χ1) is 25.0. The number of aliphatic hydroxyl groups is 1. The summed E-state index contributed by atoms with van der Waals surface area (Å²) in [6.45, 7) is 15.2. The third kappa shape index (κ3) is 7.46. The SMILES string of the molecule is CCC/C(C)=C\COC(=O)CCC1=C2[N-]/C(=C\C3=C(C)[C@@H](CC)/C(=C/c4[n-]c(c(CC)c4C)/C=C4\[N-]C5=C2[C@@H](C(=O)OC)[C@H](O)C5C4CN)[N-]3)[C@H]1C.[Mg+2]. The van der Waals surface area contributed by atoms with Crippen molar-refractivity contribution in [3.8, 4) is 0 Å². The summed E-state index contributed by atoms with van der Waals surface area (Å²) in [5, 5.41) is 27.5. The first kappa shape index (κ1) is 40.7. The van der Waals surface area contributed by atoms with E-state index in [1.807, 2.05) is 25.2 Å². The Balaban J connectivity index is 0.00000541. The van der Waals surface area contributed by atoms with Gasteiger partial charge in [-0.25, -0.2) is 0 Å². The smallest absolute Gasteiger partial charge is 0.664 e. The molecule has 4 aliphatic heterocycles. The molecule has 6 rings (SSSR count). The Morgan fingerprint density at radius 1 is 1.00 bits per heavy atom. The van der Waals surface area contributed by atoms with Gasteiger partial charge in [0.05, 0.1) is 13.2 Å². The molecule has 1 aliphatic carbocycles. The van der Waals surface area contributed by atoms with Gasteiger partial charge in [0.1, 0.15) is 12.5 Å². The number of hydrogen-bond acceptors (Lipinski definition) is 6. The Labute approximate surface area is 330 Å². The molecule has 2 unspecified atom stereocenters. The Morgan fingerprint density at radius 3 is 2.40 bits per heavy atom. The van der Waals surface area contributed by atoms with Crippen molar-refractivity contribution >= 4 is 47.1 Å². The van der Waals surface area contributed by atoms with Crippen molar-refractivity contribution in [2.24, 2.45) is 35.3 Å². The molecule has 3 N–H and O–H groups in total. The second-order valence-corrected chi connectivity index (χ2v) is 14.6. The molecule has 11 heteroatoms. The van der Waals surface area contributed by atoms with Gasteiger partial charge in [0.2, 0.25) is 0 Å². The van der Waals surface area contributed by atoms with E-state index in [0.717, 1.165) is 82.1 Å². The Hall–Kier alpha value is -3.51. The zero-order valence-corrected chi connectivity index (χ0v) is 34.0. The summed E-state index contributed by atoms with van der Waals surface area (Å²) < 4.78 is 10.9. The van der Waals surface area contributed by atoms with Crippen molar-refractivity contribution in [3.05, 3.63) is 107 Å². The maximum Gasteiger partial charge on any atom is 2.00 e. The maximum atomic E-state index is 13.6. The molecule has 10 nitrogen and oxygen atoms in total. The van der Waals surface area contributed by atoms with Crippen LogP contribution in [0.3, 0.4) is 0 Å². The number of hydrogen-bond donors (Lipinski definition) is 2. The summed E-state index contributed by atoms with van der Waals surface area (Å²) in [4.78, 5) is 31.8. The molecule has 0 amide bonds. The molecule has 0 spiro atoms. The topological polar surface area (TPSA) is 155 Å². The third-order valence-electron chi connectivity index (χ3n) is 11.6. The van der Waals surface area contributed by atoms with E-state index in [0.29, 0.717) is 23.4 Å². The molecule has 0 radical (unpaired) electrons. The summed E-state index contributed by atoms with van der Waals surface area (Å²) in [5.74, 6) is -2.85. The van der Waals surface area contributed by atoms with Crippen LogP contribution in [0.4, 0.5) is 0 Å². The second-order valence-electron chi connectivity index (χ2n) is 14.6. The van der Waals surface area contributed by atoms with E-state index in [1.54, 1.807) is 0 Å². The minimum absolute atomic E-state index is 0. The van der Waals surface area contributed by atoms with Crippen molar-refractivity contribution in [2.75, 3.05) is 20.3 Å². The van der Waals surface area contributed by atoms with E-state index in [-0.39, 0.29) is 66.3 Å². The van der Waals surface area contributed by atoms with Gasteiger partial charge in [0.15, 0.2) is 0 Å². The number of nitrogens with zero attached hydrogens (tertiary/aromatic N) is 4. The van der Waals surface area contributed by atoms with Crippen LogP contribution in [0.25, 0.3) is 28.1 Å². The zero-order chi connectivity index (χ0) is 37.4. The van der Waals surface area contributed by atoms with Gasteiger partial charge in [0.25, 0.3) is 0 Å². The Morgan fingerprint density at radius 2 is 1.74 bits per heavy atom. The van der Waals surface area contributed by atoms with E-state index in [2.05, 4.69) is 47.6 Å². The Bertz CT molecular complexity index is 1860. The van der Waals surface area contributed by atoms with Crippen LogP contribution in [-0.4, -0.2) is 66.5 Å². The van der Waals surface area contributed by atoms with Gasteiger partial charge in [-0.15, -0.1) is 22.8 Å². The summed E-state index contributed by atoms with van der Waals surface area (Å²) in [5.41, 5.74) is 18.6. The van der Waals surface area contributed by atoms with Gasteiger partial charge in [-0.1, -0.05) is 85.8 Å². The normalized spacial score (nSPS) is 29.0. The molecule has 0 aromatic carbocycles. The molecule has 1 saturated heterocycles. The largest absolute Gasteiger partial charge is 2.00 e. The summed E-state index contributed by atoms with van der Waals surface area (Å²) in [7, 11) is 1.33. The van der Waals surface area contributed by atoms with Crippen molar-refractivity contribution in [3.63, 3.8) is 0 Å². The zero-order valence-electron chi connectivity index (χ0n) is 32.6. The second kappa shape index (κ2) is 16.9. The number of carbonyl (C=O) groups is 2. The van der Waals surface area contributed by atoms with E-state index in [1.165, 1.54) is 12.7 Å². The molecule has 5 heterocycles. The number of fused-ring (bicyclic) bond motifs is 8. The van der Waals surface area contributed by atoms with Gasteiger partial charge < -0.3 is 41.2 Å². The average molecular weight is 732 g/mol. The van der Waals surface area contributed by atoms with Gasteiger partial charge in [-0.3, -0.25) is 9.59 Å². The molecule has 6 atom stereocenters. The van der Waals surface area contributed by atoms with E-state index < -0.39 is 23.9 Å². The van der Waals surface area contributed by atoms with Crippen molar-refractivity contribution in [2.45, 2.75) is 93.1 Å². The molecular weight excluding hydrogens is 679 g/mol. The van der Waals surface area contributed by atoms with Gasteiger partial charge in [0, 0.05) is 6.42 Å². The van der Waals surface area contributed by atoms with Crippen molar-refractivity contribution in [1.29, 1.82) is 0 Å². The van der Waals surface area contributed by atoms with E-state index in [9.17, 15) is 14.7 Å². The summed E-state index contributed by atoms with van der Waals surface area (Å²) >= 11 is 0. The van der Waals surface area contributed by atoms with Crippen LogP contribution in [0.5, 0.6) is 0 Å². The van der Waals surface area contributed by atoms with Crippen LogP contribution in [0.15, 0.2) is 68.6 Å². The van der Waals surface area contributed by atoms with Gasteiger partial charge >= 0.3 is 35.0 Å². The number of aromatic nitrogens is 1. The number of esters is 2. The fourth-order valence-electron chi connectivity index (χ4n) is 8.65. The molecule has 0 saturated carbocycles. The number of rotatable bonds is 11. The maximum absolute atomic E-state index is 13.6. The monoisotopic (exact) mass is 731 g/mol. The molecule has 5 aliphatic rings. The third-order valence-corrected chi connectivity index (χ3v) is 11.6. The van der Waals surface area contributed by atoms with Gasteiger partial charge in [-0.05, 0) is 82.7 Å². The number of methoxy groups -OCH3 is 1. The van der Waals surface area contributed by atoms with Crippen molar-refractivity contribution in [1.82, 2.24) is 4.98 Å². The van der Waals surface area contributed by atoms with Gasteiger partial charge in [-0.2, -0.15) is 22.8 Å². The Kier molecular flexibility index (Phi) is 13.0. The number of carbonyl (C=O) groups excluding carboxylic acids is 2.